The second-order valence-corrected chi connectivity index (χ2v) is 3.94. The maximum atomic E-state index is 13.1. The van der Waals surface area contributed by atoms with E-state index in [0.717, 1.165) is 19.5 Å². The van der Waals surface area contributed by atoms with Gasteiger partial charge >= 0.3 is 0 Å². The SMILES string of the molecule is CCNCCCNC(=O)c1cccc(F)c1Cl. The molecule has 0 aliphatic rings. The van der Waals surface area contributed by atoms with Crippen LogP contribution in [0.5, 0.6) is 0 Å². The molecule has 17 heavy (non-hydrogen) atoms. The van der Waals surface area contributed by atoms with Crippen LogP contribution in [0.4, 0.5) is 4.39 Å². The van der Waals surface area contributed by atoms with Gasteiger partial charge in [-0.2, -0.15) is 0 Å². The Kier molecular flexibility index (Phi) is 5.94. The van der Waals surface area contributed by atoms with Crippen LogP contribution in [0.3, 0.4) is 0 Å². The highest BCUT2D eigenvalue weighted by atomic mass is 35.5. The Morgan fingerprint density at radius 3 is 2.88 bits per heavy atom. The molecule has 1 aromatic rings. The van der Waals surface area contributed by atoms with Gasteiger partial charge in [0.15, 0.2) is 0 Å². The smallest absolute Gasteiger partial charge is 0.252 e. The van der Waals surface area contributed by atoms with Crippen LogP contribution in [-0.4, -0.2) is 25.5 Å². The number of hydrogen-bond donors (Lipinski definition) is 2. The van der Waals surface area contributed by atoms with Gasteiger partial charge < -0.3 is 10.6 Å². The molecular weight excluding hydrogens is 243 g/mol. The Labute approximate surface area is 105 Å². The van der Waals surface area contributed by atoms with Crippen LogP contribution in [0, 0.1) is 5.82 Å². The summed E-state index contributed by atoms with van der Waals surface area (Å²) in [4.78, 5) is 11.7. The topological polar surface area (TPSA) is 41.1 Å². The number of benzene rings is 1. The predicted molar refractivity (Wildman–Crippen MR) is 66.9 cm³/mol. The van der Waals surface area contributed by atoms with Gasteiger partial charge in [-0.05, 0) is 31.6 Å². The molecule has 3 nitrogen and oxygen atoms in total. The van der Waals surface area contributed by atoms with Gasteiger partial charge in [0.25, 0.3) is 5.91 Å². The van der Waals surface area contributed by atoms with Crippen LogP contribution in [0.2, 0.25) is 5.02 Å². The van der Waals surface area contributed by atoms with Crippen molar-refractivity contribution in [3.05, 3.63) is 34.6 Å². The minimum atomic E-state index is -0.577. The van der Waals surface area contributed by atoms with E-state index >= 15 is 0 Å². The van der Waals surface area contributed by atoms with Gasteiger partial charge in [0.05, 0.1) is 10.6 Å². The highest BCUT2D eigenvalue weighted by Crippen LogP contribution is 2.19. The van der Waals surface area contributed by atoms with Crippen LogP contribution in [0.1, 0.15) is 23.7 Å². The fourth-order valence-corrected chi connectivity index (χ4v) is 1.58. The Morgan fingerprint density at radius 2 is 2.18 bits per heavy atom. The Morgan fingerprint density at radius 1 is 1.41 bits per heavy atom. The van der Waals surface area contributed by atoms with Crippen molar-refractivity contribution in [3.8, 4) is 0 Å². The highest BCUT2D eigenvalue weighted by molar-refractivity contribution is 6.34. The molecule has 0 aromatic heterocycles. The number of nitrogens with one attached hydrogen (secondary N) is 2. The predicted octanol–water partition coefficient (Wildman–Crippen LogP) is 2.21. The Hall–Kier alpha value is -1.13. The van der Waals surface area contributed by atoms with E-state index in [2.05, 4.69) is 10.6 Å². The average Bonchev–Trinajstić information content (AvgIpc) is 2.32. The third kappa shape index (κ3) is 4.32. The second-order valence-electron chi connectivity index (χ2n) is 3.56. The van der Waals surface area contributed by atoms with Crippen molar-refractivity contribution < 1.29 is 9.18 Å². The molecule has 0 unspecified atom stereocenters. The van der Waals surface area contributed by atoms with E-state index in [-0.39, 0.29) is 16.5 Å². The lowest BCUT2D eigenvalue weighted by molar-refractivity contribution is 0.0953. The highest BCUT2D eigenvalue weighted by Gasteiger charge is 2.12. The van der Waals surface area contributed by atoms with E-state index in [0.29, 0.717) is 6.54 Å². The molecule has 5 heteroatoms. The van der Waals surface area contributed by atoms with Crippen molar-refractivity contribution in [2.75, 3.05) is 19.6 Å². The standard InChI is InChI=1S/C12H16ClFN2O/c1-2-15-7-4-8-16-12(17)9-5-3-6-10(14)11(9)13/h3,5-6,15H,2,4,7-8H2,1H3,(H,16,17). The largest absolute Gasteiger partial charge is 0.352 e. The molecule has 0 saturated carbocycles. The quantitative estimate of drug-likeness (QED) is 0.768. The third-order valence-electron chi connectivity index (χ3n) is 2.26. The first-order valence-corrected chi connectivity index (χ1v) is 5.97. The number of rotatable bonds is 6. The van der Waals surface area contributed by atoms with Crippen molar-refractivity contribution in [2.45, 2.75) is 13.3 Å². The van der Waals surface area contributed by atoms with Crippen LogP contribution in [0.25, 0.3) is 0 Å². The molecule has 0 spiro atoms. The maximum absolute atomic E-state index is 13.1. The lowest BCUT2D eigenvalue weighted by atomic mass is 10.2. The normalized spacial score (nSPS) is 10.3. The zero-order valence-corrected chi connectivity index (χ0v) is 10.5. The minimum Gasteiger partial charge on any atom is -0.352 e. The fraction of sp³-hybridized carbons (Fsp3) is 0.417. The summed E-state index contributed by atoms with van der Waals surface area (Å²) in [6.07, 6.45) is 0.826. The summed E-state index contributed by atoms with van der Waals surface area (Å²) in [7, 11) is 0. The van der Waals surface area contributed by atoms with Gasteiger partial charge in [-0.3, -0.25) is 4.79 Å². The monoisotopic (exact) mass is 258 g/mol. The molecule has 0 saturated heterocycles. The van der Waals surface area contributed by atoms with Crippen LogP contribution >= 0.6 is 11.6 Å². The summed E-state index contributed by atoms with van der Waals surface area (Å²) < 4.78 is 13.1. The maximum Gasteiger partial charge on any atom is 0.252 e. The molecule has 0 fully saturated rings. The Bertz CT molecular complexity index is 385. The van der Waals surface area contributed by atoms with Gasteiger partial charge in [-0.15, -0.1) is 0 Å². The molecule has 94 valence electrons. The third-order valence-corrected chi connectivity index (χ3v) is 2.65. The van der Waals surface area contributed by atoms with Gasteiger partial charge in [0.2, 0.25) is 0 Å². The number of amides is 1. The summed E-state index contributed by atoms with van der Waals surface area (Å²) in [6.45, 7) is 4.31. The second kappa shape index (κ2) is 7.25. The number of carbonyl (C=O) groups excluding carboxylic acids is 1. The summed E-state index contributed by atoms with van der Waals surface area (Å²) >= 11 is 5.70. The molecule has 0 aliphatic heterocycles. The first kappa shape index (κ1) is 13.9. The average molecular weight is 259 g/mol. The van der Waals surface area contributed by atoms with Crippen LogP contribution in [0.15, 0.2) is 18.2 Å². The van der Waals surface area contributed by atoms with E-state index in [1.807, 2.05) is 6.92 Å². The number of halogens is 2. The van der Waals surface area contributed by atoms with Gasteiger partial charge in [0, 0.05) is 6.54 Å². The zero-order valence-electron chi connectivity index (χ0n) is 9.72. The van der Waals surface area contributed by atoms with Gasteiger partial charge in [0.1, 0.15) is 5.82 Å². The van der Waals surface area contributed by atoms with Crippen molar-refractivity contribution in [1.29, 1.82) is 0 Å². The molecule has 0 radical (unpaired) electrons. The summed E-state index contributed by atoms with van der Waals surface area (Å²) in [5, 5.41) is 5.71. The molecule has 1 rings (SSSR count). The summed E-state index contributed by atoms with van der Waals surface area (Å²) in [6, 6.07) is 4.20. The zero-order chi connectivity index (χ0) is 12.7. The van der Waals surface area contributed by atoms with Gasteiger partial charge in [-0.25, -0.2) is 4.39 Å². The van der Waals surface area contributed by atoms with Crippen molar-refractivity contribution in [3.63, 3.8) is 0 Å². The molecular formula is C12H16ClFN2O. The lowest BCUT2D eigenvalue weighted by Crippen LogP contribution is -2.27. The number of hydrogen-bond acceptors (Lipinski definition) is 2. The van der Waals surface area contributed by atoms with E-state index in [1.165, 1.54) is 18.2 Å². The summed E-state index contributed by atoms with van der Waals surface area (Å²) in [5.74, 6) is -0.919. The van der Waals surface area contributed by atoms with E-state index < -0.39 is 5.82 Å². The minimum absolute atomic E-state index is 0.128. The van der Waals surface area contributed by atoms with Crippen molar-refractivity contribution in [2.24, 2.45) is 0 Å². The molecule has 0 atom stereocenters. The molecule has 1 aromatic carbocycles. The Balaban J connectivity index is 2.44. The number of carbonyl (C=O) groups is 1. The van der Waals surface area contributed by atoms with E-state index in [1.54, 1.807) is 0 Å². The molecule has 0 bridgehead atoms. The summed E-state index contributed by atoms with van der Waals surface area (Å²) in [5.41, 5.74) is 0.176. The van der Waals surface area contributed by atoms with Gasteiger partial charge in [-0.1, -0.05) is 24.6 Å². The van der Waals surface area contributed by atoms with E-state index in [4.69, 9.17) is 11.6 Å². The molecule has 0 heterocycles. The first-order valence-electron chi connectivity index (χ1n) is 5.59. The molecule has 2 N–H and O–H groups in total. The lowest BCUT2D eigenvalue weighted by Gasteiger charge is -2.07. The van der Waals surface area contributed by atoms with Crippen LogP contribution in [-0.2, 0) is 0 Å². The van der Waals surface area contributed by atoms with Crippen LogP contribution < -0.4 is 10.6 Å². The molecule has 1 amide bonds. The van der Waals surface area contributed by atoms with E-state index in [9.17, 15) is 9.18 Å². The fourth-order valence-electron chi connectivity index (χ4n) is 1.37. The molecule has 0 aliphatic carbocycles. The van der Waals surface area contributed by atoms with Crippen molar-refractivity contribution in [1.82, 2.24) is 10.6 Å². The van der Waals surface area contributed by atoms with Crippen molar-refractivity contribution >= 4 is 17.5 Å². The first-order chi connectivity index (χ1) is 8.16.